The van der Waals surface area contributed by atoms with Gasteiger partial charge < -0.3 is 10.6 Å². The summed E-state index contributed by atoms with van der Waals surface area (Å²) in [6.07, 6.45) is 8.74. The number of rotatable bonds is 4. The molecule has 1 aliphatic carbocycles. The lowest BCUT2D eigenvalue weighted by atomic mass is 10.1. The topological polar surface area (TPSA) is 24.1 Å². The zero-order valence-corrected chi connectivity index (χ0v) is 7.93. The molecular weight excluding hydrogens is 148 g/mol. The zero-order chi connectivity index (χ0) is 8.81. The first-order valence-corrected chi connectivity index (χ1v) is 4.65. The quantitative estimate of drug-likeness (QED) is 0.660. The molecule has 0 aromatic carbocycles. The van der Waals surface area contributed by atoms with Gasteiger partial charge in [-0.2, -0.15) is 0 Å². The molecule has 68 valence electrons. The molecule has 0 heterocycles. The largest absolute Gasteiger partial charge is 0.388 e. The summed E-state index contributed by atoms with van der Waals surface area (Å²) in [5.41, 5.74) is 1.35. The van der Waals surface area contributed by atoms with E-state index in [9.17, 15) is 0 Å². The van der Waals surface area contributed by atoms with Crippen molar-refractivity contribution >= 4 is 0 Å². The van der Waals surface area contributed by atoms with Gasteiger partial charge in [0.1, 0.15) is 0 Å². The van der Waals surface area contributed by atoms with Crippen LogP contribution < -0.4 is 10.6 Å². The molecule has 0 aromatic rings. The van der Waals surface area contributed by atoms with Crippen molar-refractivity contribution in [3.8, 4) is 0 Å². The van der Waals surface area contributed by atoms with E-state index in [0.29, 0.717) is 6.04 Å². The van der Waals surface area contributed by atoms with E-state index in [1.807, 2.05) is 7.05 Å². The summed E-state index contributed by atoms with van der Waals surface area (Å²) >= 11 is 0. The fourth-order valence-electron chi connectivity index (χ4n) is 1.29. The average molecular weight is 166 g/mol. The van der Waals surface area contributed by atoms with Crippen molar-refractivity contribution in [2.75, 3.05) is 13.6 Å². The molecule has 2 N–H and O–H groups in total. The summed E-state index contributed by atoms with van der Waals surface area (Å²) in [5, 5.41) is 6.65. The summed E-state index contributed by atoms with van der Waals surface area (Å²) in [6.45, 7) is 3.26. The van der Waals surface area contributed by atoms with Gasteiger partial charge in [0.2, 0.25) is 0 Å². The van der Waals surface area contributed by atoms with Crippen molar-refractivity contribution in [2.45, 2.75) is 25.8 Å². The SMILES string of the molecule is CCCNC1=CC=CC(NC)C1. The van der Waals surface area contributed by atoms with Crippen LogP contribution in [0.1, 0.15) is 19.8 Å². The standard InChI is InChI=1S/C10H18N2/c1-3-7-12-10-6-4-5-9(8-10)11-2/h4-6,9,11-12H,3,7-8H2,1-2H3. The molecule has 0 bridgehead atoms. The van der Waals surface area contributed by atoms with Gasteiger partial charge in [-0.3, -0.25) is 0 Å². The van der Waals surface area contributed by atoms with Gasteiger partial charge in [0.15, 0.2) is 0 Å². The highest BCUT2D eigenvalue weighted by Crippen LogP contribution is 2.09. The summed E-state index contributed by atoms with van der Waals surface area (Å²) in [5.74, 6) is 0. The first kappa shape index (κ1) is 9.33. The Bertz CT molecular complexity index is 182. The van der Waals surface area contributed by atoms with Crippen molar-refractivity contribution in [1.29, 1.82) is 0 Å². The molecule has 0 radical (unpaired) electrons. The minimum atomic E-state index is 0.509. The lowest BCUT2D eigenvalue weighted by Gasteiger charge is -2.18. The Morgan fingerprint density at radius 2 is 2.42 bits per heavy atom. The Labute approximate surface area is 74.7 Å². The lowest BCUT2D eigenvalue weighted by Crippen LogP contribution is -2.28. The van der Waals surface area contributed by atoms with Crippen LogP contribution >= 0.6 is 0 Å². The van der Waals surface area contributed by atoms with Crippen molar-refractivity contribution in [3.05, 3.63) is 23.9 Å². The van der Waals surface area contributed by atoms with Gasteiger partial charge in [0, 0.05) is 24.7 Å². The summed E-state index contributed by atoms with van der Waals surface area (Å²) in [4.78, 5) is 0. The highest BCUT2D eigenvalue weighted by Gasteiger charge is 2.07. The number of likely N-dealkylation sites (N-methyl/N-ethyl adjacent to an activating group) is 1. The lowest BCUT2D eigenvalue weighted by molar-refractivity contribution is 0.613. The maximum absolute atomic E-state index is 3.41. The van der Waals surface area contributed by atoms with E-state index in [2.05, 4.69) is 35.8 Å². The molecule has 2 nitrogen and oxygen atoms in total. The maximum Gasteiger partial charge on any atom is 0.0304 e. The number of hydrogen-bond donors (Lipinski definition) is 2. The van der Waals surface area contributed by atoms with Crippen LogP contribution in [0, 0.1) is 0 Å². The molecule has 2 heteroatoms. The molecule has 1 rings (SSSR count). The summed E-state index contributed by atoms with van der Waals surface area (Å²) < 4.78 is 0. The van der Waals surface area contributed by atoms with Crippen LogP contribution in [0.25, 0.3) is 0 Å². The summed E-state index contributed by atoms with van der Waals surface area (Å²) in [6, 6.07) is 0.509. The van der Waals surface area contributed by atoms with E-state index in [4.69, 9.17) is 0 Å². The monoisotopic (exact) mass is 166 g/mol. The molecule has 0 amide bonds. The second-order valence-electron chi connectivity index (χ2n) is 3.10. The first-order chi connectivity index (χ1) is 5.86. The Hall–Kier alpha value is -0.760. The molecule has 0 aliphatic heterocycles. The van der Waals surface area contributed by atoms with Crippen molar-refractivity contribution in [1.82, 2.24) is 10.6 Å². The van der Waals surface area contributed by atoms with Crippen molar-refractivity contribution in [2.24, 2.45) is 0 Å². The molecule has 1 atom stereocenters. The van der Waals surface area contributed by atoms with E-state index >= 15 is 0 Å². The molecule has 0 saturated heterocycles. The maximum atomic E-state index is 3.41. The van der Waals surface area contributed by atoms with E-state index in [0.717, 1.165) is 13.0 Å². The number of nitrogens with one attached hydrogen (secondary N) is 2. The fraction of sp³-hybridized carbons (Fsp3) is 0.600. The van der Waals surface area contributed by atoms with Gasteiger partial charge in [0.05, 0.1) is 0 Å². The van der Waals surface area contributed by atoms with Crippen LogP contribution in [0.15, 0.2) is 23.9 Å². The second-order valence-corrected chi connectivity index (χ2v) is 3.10. The predicted molar refractivity (Wildman–Crippen MR) is 53.0 cm³/mol. The van der Waals surface area contributed by atoms with Crippen LogP contribution in [-0.4, -0.2) is 19.6 Å². The van der Waals surface area contributed by atoms with E-state index in [-0.39, 0.29) is 0 Å². The predicted octanol–water partition coefficient (Wildman–Crippen LogP) is 1.42. The minimum absolute atomic E-state index is 0.509. The molecular formula is C10H18N2. The number of hydrogen-bond acceptors (Lipinski definition) is 2. The Morgan fingerprint density at radius 3 is 3.08 bits per heavy atom. The third-order valence-corrected chi connectivity index (χ3v) is 2.05. The third kappa shape index (κ3) is 2.70. The molecule has 0 spiro atoms. The van der Waals surface area contributed by atoms with Crippen LogP contribution in [0.5, 0.6) is 0 Å². The molecule has 0 saturated carbocycles. The van der Waals surface area contributed by atoms with E-state index < -0.39 is 0 Å². The van der Waals surface area contributed by atoms with Gasteiger partial charge in [-0.05, 0) is 19.5 Å². The Morgan fingerprint density at radius 1 is 1.58 bits per heavy atom. The Kier molecular flexibility index (Phi) is 3.88. The highest BCUT2D eigenvalue weighted by molar-refractivity contribution is 5.20. The molecule has 0 fully saturated rings. The van der Waals surface area contributed by atoms with E-state index in [1.165, 1.54) is 12.1 Å². The van der Waals surface area contributed by atoms with Gasteiger partial charge in [-0.1, -0.05) is 19.1 Å². The molecule has 0 aromatic heterocycles. The second kappa shape index (κ2) is 4.99. The van der Waals surface area contributed by atoms with Gasteiger partial charge in [0.25, 0.3) is 0 Å². The number of allylic oxidation sites excluding steroid dienone is 2. The normalized spacial score (nSPS) is 22.2. The molecule has 1 unspecified atom stereocenters. The van der Waals surface area contributed by atoms with Crippen LogP contribution in [0.3, 0.4) is 0 Å². The van der Waals surface area contributed by atoms with Crippen molar-refractivity contribution < 1.29 is 0 Å². The van der Waals surface area contributed by atoms with Gasteiger partial charge in [-0.25, -0.2) is 0 Å². The van der Waals surface area contributed by atoms with E-state index in [1.54, 1.807) is 0 Å². The fourth-order valence-corrected chi connectivity index (χ4v) is 1.29. The average Bonchev–Trinajstić information content (AvgIpc) is 2.15. The van der Waals surface area contributed by atoms with Crippen LogP contribution in [-0.2, 0) is 0 Å². The molecule has 1 aliphatic rings. The summed E-state index contributed by atoms with van der Waals surface area (Å²) in [7, 11) is 2.00. The first-order valence-electron chi connectivity index (χ1n) is 4.65. The van der Waals surface area contributed by atoms with Crippen LogP contribution in [0.2, 0.25) is 0 Å². The molecule has 12 heavy (non-hydrogen) atoms. The highest BCUT2D eigenvalue weighted by atomic mass is 14.9. The Balaban J connectivity index is 2.35. The van der Waals surface area contributed by atoms with Crippen LogP contribution in [0.4, 0.5) is 0 Å². The van der Waals surface area contributed by atoms with Gasteiger partial charge >= 0.3 is 0 Å². The third-order valence-electron chi connectivity index (χ3n) is 2.05. The minimum Gasteiger partial charge on any atom is -0.388 e. The van der Waals surface area contributed by atoms with Crippen molar-refractivity contribution in [3.63, 3.8) is 0 Å². The smallest absolute Gasteiger partial charge is 0.0304 e. The van der Waals surface area contributed by atoms with Gasteiger partial charge in [-0.15, -0.1) is 0 Å². The zero-order valence-electron chi connectivity index (χ0n) is 7.93.